The summed E-state index contributed by atoms with van der Waals surface area (Å²) in [5, 5.41) is 25.6. The number of nitrogens with two attached hydrogens (primary N) is 1. The number of ether oxygens (including phenoxy) is 1. The summed E-state index contributed by atoms with van der Waals surface area (Å²) in [6.07, 6.45) is 8.43. The standard InChI is InChI=1S/C36H46N8O7/c1-35(2,50)29-20-39-42-44(29)25-18-28(33(48)41-36(30(45)31(37)46)12-14-51-15-13-36)43(21-25)34(49)27(16-22-8-4-3-5-9-22)40-32(47)24-17-23-10-6-7-11-26(23)38-19-24/h6-7,10-11,17,19-20,22,25,27-28,50H,3-5,8-9,12-16,18,21H2,1-2H3,(H2,37,46)(H,40,47)(H,41,48)/t25-,27?,28-/m0/s1. The molecule has 2 aromatic heterocycles. The van der Waals surface area contributed by atoms with Gasteiger partial charge in [0, 0.05) is 50.6 Å². The molecule has 2 aliphatic heterocycles. The molecular weight excluding hydrogens is 656 g/mol. The molecule has 2 saturated heterocycles. The Bertz CT molecular complexity index is 1790. The molecule has 1 aromatic carbocycles. The average molecular weight is 703 g/mol. The van der Waals surface area contributed by atoms with Crippen molar-refractivity contribution in [1.29, 1.82) is 0 Å². The number of para-hydroxylation sites is 1. The van der Waals surface area contributed by atoms with E-state index in [1.807, 2.05) is 24.3 Å². The molecule has 1 saturated carbocycles. The normalized spacial score (nSPS) is 21.6. The molecule has 0 bridgehead atoms. The molecule has 3 aliphatic rings. The van der Waals surface area contributed by atoms with Crippen molar-refractivity contribution in [2.45, 2.75) is 101 Å². The van der Waals surface area contributed by atoms with E-state index in [1.165, 1.54) is 22.0 Å². The smallest absolute Gasteiger partial charge is 0.287 e. The quantitative estimate of drug-likeness (QED) is 0.212. The average Bonchev–Trinajstić information content (AvgIpc) is 3.80. The van der Waals surface area contributed by atoms with Gasteiger partial charge in [-0.2, -0.15) is 0 Å². The van der Waals surface area contributed by atoms with Crippen LogP contribution in [0.5, 0.6) is 0 Å². The van der Waals surface area contributed by atoms with Gasteiger partial charge in [0.2, 0.25) is 17.6 Å². The van der Waals surface area contributed by atoms with Crippen LogP contribution in [0.2, 0.25) is 0 Å². The SMILES string of the molecule is CC(C)(O)c1cnnn1[C@H]1C[C@@H](C(=O)NC2(C(=O)C(N)=O)CCOCC2)N(C(=O)C(CC2CCCCC2)NC(=O)c2cnc3ccccc3c2)C1. The van der Waals surface area contributed by atoms with Crippen LogP contribution in [0.25, 0.3) is 10.9 Å². The summed E-state index contributed by atoms with van der Waals surface area (Å²) in [6.45, 7) is 3.44. The summed E-state index contributed by atoms with van der Waals surface area (Å²) in [6, 6.07) is 6.48. The molecule has 15 nitrogen and oxygen atoms in total. The predicted molar refractivity (Wildman–Crippen MR) is 184 cm³/mol. The van der Waals surface area contributed by atoms with Crippen LogP contribution in [0.3, 0.4) is 0 Å². The van der Waals surface area contributed by atoms with Gasteiger partial charge >= 0.3 is 0 Å². The molecule has 3 fully saturated rings. The number of carbonyl (C=O) groups is 5. The number of likely N-dealkylation sites (tertiary alicyclic amines) is 1. The number of rotatable bonds is 11. The van der Waals surface area contributed by atoms with Crippen molar-refractivity contribution < 1.29 is 33.8 Å². The van der Waals surface area contributed by atoms with Gasteiger partial charge in [-0.15, -0.1) is 5.10 Å². The van der Waals surface area contributed by atoms with Gasteiger partial charge in [0.15, 0.2) is 0 Å². The second-order valence-electron chi connectivity index (χ2n) is 14.6. The lowest BCUT2D eigenvalue weighted by Gasteiger charge is -2.37. The summed E-state index contributed by atoms with van der Waals surface area (Å²) in [5.41, 5.74) is 3.93. The van der Waals surface area contributed by atoms with Gasteiger partial charge in [-0.05, 0) is 38.3 Å². The molecule has 3 aromatic rings. The molecule has 3 atom stereocenters. The molecule has 4 amide bonds. The molecule has 15 heteroatoms. The van der Waals surface area contributed by atoms with E-state index in [1.54, 1.807) is 19.9 Å². The number of fused-ring (bicyclic) bond motifs is 1. The van der Waals surface area contributed by atoms with Crippen molar-refractivity contribution in [2.24, 2.45) is 11.7 Å². The topological polar surface area (TPSA) is 212 Å². The fourth-order valence-electron chi connectivity index (χ4n) is 7.73. The van der Waals surface area contributed by atoms with E-state index in [0.717, 1.165) is 43.0 Å². The first-order valence-electron chi connectivity index (χ1n) is 17.7. The number of nitrogens with one attached hydrogen (secondary N) is 2. The summed E-state index contributed by atoms with van der Waals surface area (Å²) >= 11 is 0. The summed E-state index contributed by atoms with van der Waals surface area (Å²) in [5.74, 6) is -3.49. The lowest BCUT2D eigenvalue weighted by Crippen LogP contribution is -2.64. The lowest BCUT2D eigenvalue weighted by atomic mass is 9.84. The molecule has 0 radical (unpaired) electrons. The molecule has 1 aliphatic carbocycles. The highest BCUT2D eigenvalue weighted by Crippen LogP contribution is 2.34. The number of aliphatic hydroxyl groups is 1. The Morgan fingerprint density at radius 1 is 1.08 bits per heavy atom. The Balaban J connectivity index is 1.33. The number of ketones is 1. The molecule has 4 heterocycles. The fraction of sp³-hybridized carbons (Fsp3) is 0.556. The molecule has 5 N–H and O–H groups in total. The Morgan fingerprint density at radius 3 is 2.51 bits per heavy atom. The van der Waals surface area contributed by atoms with Crippen molar-refractivity contribution in [1.82, 2.24) is 35.5 Å². The van der Waals surface area contributed by atoms with Gasteiger partial charge in [0.25, 0.3) is 11.8 Å². The van der Waals surface area contributed by atoms with Crippen LogP contribution in [-0.4, -0.2) is 96.8 Å². The first-order chi connectivity index (χ1) is 24.4. The zero-order valence-corrected chi connectivity index (χ0v) is 29.0. The van der Waals surface area contributed by atoms with E-state index < -0.39 is 58.7 Å². The largest absolute Gasteiger partial charge is 0.384 e. The Kier molecular flexibility index (Phi) is 10.5. The fourth-order valence-corrected chi connectivity index (χ4v) is 7.73. The van der Waals surface area contributed by atoms with E-state index in [4.69, 9.17) is 10.5 Å². The van der Waals surface area contributed by atoms with Crippen LogP contribution in [-0.2, 0) is 29.5 Å². The van der Waals surface area contributed by atoms with E-state index in [9.17, 15) is 29.1 Å². The van der Waals surface area contributed by atoms with Crippen molar-refractivity contribution in [2.75, 3.05) is 19.8 Å². The van der Waals surface area contributed by atoms with Gasteiger partial charge in [-0.25, -0.2) is 4.68 Å². The molecule has 6 rings (SSSR count). The number of carbonyl (C=O) groups excluding carboxylic acids is 5. The van der Waals surface area contributed by atoms with Gasteiger partial charge < -0.3 is 31.1 Å². The number of Topliss-reactive ketones (excluding diaryl/α,β-unsaturated/α-hetero) is 1. The minimum absolute atomic E-state index is 0.0117. The van der Waals surface area contributed by atoms with E-state index in [-0.39, 0.29) is 44.9 Å². The van der Waals surface area contributed by atoms with Crippen LogP contribution < -0.4 is 16.4 Å². The zero-order chi connectivity index (χ0) is 36.3. The number of nitrogens with zero attached hydrogens (tertiary/aromatic N) is 5. The van der Waals surface area contributed by atoms with Gasteiger partial charge in [-0.1, -0.05) is 55.5 Å². The maximum absolute atomic E-state index is 14.8. The summed E-state index contributed by atoms with van der Waals surface area (Å²) in [7, 11) is 0. The predicted octanol–water partition coefficient (Wildman–Crippen LogP) is 1.68. The van der Waals surface area contributed by atoms with Gasteiger partial charge in [0.05, 0.1) is 29.0 Å². The van der Waals surface area contributed by atoms with Crippen molar-refractivity contribution >= 4 is 40.3 Å². The van der Waals surface area contributed by atoms with Crippen molar-refractivity contribution in [3.8, 4) is 0 Å². The highest BCUT2D eigenvalue weighted by molar-refractivity contribution is 6.39. The van der Waals surface area contributed by atoms with Crippen molar-refractivity contribution in [3.63, 3.8) is 0 Å². The Labute approximate surface area is 295 Å². The van der Waals surface area contributed by atoms with Crippen LogP contribution in [0.4, 0.5) is 0 Å². The van der Waals surface area contributed by atoms with Crippen LogP contribution >= 0.6 is 0 Å². The Morgan fingerprint density at radius 2 is 1.80 bits per heavy atom. The molecular formula is C36H46N8O7. The van der Waals surface area contributed by atoms with E-state index in [0.29, 0.717) is 17.7 Å². The number of hydrogen-bond donors (Lipinski definition) is 4. The molecule has 1 unspecified atom stereocenters. The summed E-state index contributed by atoms with van der Waals surface area (Å²) in [4.78, 5) is 74.0. The number of primary amides is 1. The number of hydrogen-bond acceptors (Lipinski definition) is 10. The van der Waals surface area contributed by atoms with E-state index >= 15 is 0 Å². The monoisotopic (exact) mass is 702 g/mol. The maximum Gasteiger partial charge on any atom is 0.287 e. The number of benzene rings is 1. The summed E-state index contributed by atoms with van der Waals surface area (Å²) < 4.78 is 6.94. The minimum atomic E-state index is -1.59. The first kappa shape index (κ1) is 36.0. The second-order valence-corrected chi connectivity index (χ2v) is 14.6. The molecule has 272 valence electrons. The Hall–Kier alpha value is -4.76. The highest BCUT2D eigenvalue weighted by atomic mass is 16.5. The van der Waals surface area contributed by atoms with E-state index in [2.05, 4.69) is 25.9 Å². The molecule has 51 heavy (non-hydrogen) atoms. The number of amides is 4. The van der Waals surface area contributed by atoms with Crippen molar-refractivity contribution in [3.05, 3.63) is 54.0 Å². The highest BCUT2D eigenvalue weighted by Gasteiger charge is 2.49. The third-order valence-electron chi connectivity index (χ3n) is 10.5. The van der Waals surface area contributed by atoms with Gasteiger partial charge in [-0.3, -0.25) is 29.0 Å². The van der Waals surface area contributed by atoms with Gasteiger partial charge in [0.1, 0.15) is 23.2 Å². The number of pyridine rings is 1. The minimum Gasteiger partial charge on any atom is -0.384 e. The lowest BCUT2D eigenvalue weighted by molar-refractivity contribution is -0.147. The zero-order valence-electron chi connectivity index (χ0n) is 29.0. The van der Waals surface area contributed by atoms with Crippen LogP contribution in [0.1, 0.15) is 93.7 Å². The third kappa shape index (κ3) is 7.78. The second kappa shape index (κ2) is 14.8. The maximum atomic E-state index is 14.8. The van der Waals surface area contributed by atoms with Crippen LogP contribution in [0, 0.1) is 5.92 Å². The number of aromatic nitrogens is 4. The first-order valence-corrected chi connectivity index (χ1v) is 17.7. The third-order valence-corrected chi connectivity index (χ3v) is 10.5. The van der Waals surface area contributed by atoms with Crippen LogP contribution in [0.15, 0.2) is 42.7 Å². The molecule has 0 spiro atoms.